The van der Waals surface area contributed by atoms with Crippen LogP contribution in [0.4, 0.5) is 0 Å². The van der Waals surface area contributed by atoms with Crippen molar-refractivity contribution in [1.29, 1.82) is 0 Å². The van der Waals surface area contributed by atoms with Crippen molar-refractivity contribution in [3.8, 4) is 5.75 Å². The third kappa shape index (κ3) is 3.19. The van der Waals surface area contributed by atoms with E-state index in [9.17, 15) is 4.79 Å². The maximum Gasteiger partial charge on any atom is 0.254 e. The van der Waals surface area contributed by atoms with E-state index < -0.39 is 0 Å². The molecule has 2 aliphatic rings. The van der Waals surface area contributed by atoms with E-state index in [1.165, 1.54) is 0 Å². The lowest BCUT2D eigenvalue weighted by Gasteiger charge is -2.32. The third-order valence-electron chi connectivity index (χ3n) is 5.18. The molecule has 1 unspecified atom stereocenters. The summed E-state index contributed by atoms with van der Waals surface area (Å²) in [4.78, 5) is 15.0. The first kappa shape index (κ1) is 17.9. The zero-order valence-corrected chi connectivity index (χ0v) is 16.3. The molecule has 4 rings (SSSR count). The molecule has 4 nitrogen and oxygen atoms in total. The van der Waals surface area contributed by atoms with E-state index in [1.807, 2.05) is 49.1 Å². The van der Waals surface area contributed by atoms with Gasteiger partial charge in [-0.1, -0.05) is 18.2 Å². The minimum atomic E-state index is -0.0237. The Morgan fingerprint density at radius 1 is 1.37 bits per heavy atom. The van der Waals surface area contributed by atoms with E-state index in [0.717, 1.165) is 40.0 Å². The largest absolute Gasteiger partial charge is 0.494 e. The van der Waals surface area contributed by atoms with Crippen molar-refractivity contribution in [2.24, 2.45) is 0 Å². The predicted molar refractivity (Wildman–Crippen MR) is 106 cm³/mol. The highest BCUT2D eigenvalue weighted by Crippen LogP contribution is 2.35. The van der Waals surface area contributed by atoms with E-state index in [-0.39, 0.29) is 11.9 Å². The molecule has 27 heavy (non-hydrogen) atoms. The van der Waals surface area contributed by atoms with Gasteiger partial charge in [-0.3, -0.25) is 4.79 Å². The van der Waals surface area contributed by atoms with Gasteiger partial charge in [0.05, 0.1) is 12.6 Å². The molecular weight excluding hydrogens is 362 g/mol. The van der Waals surface area contributed by atoms with Crippen LogP contribution < -0.4 is 4.74 Å². The van der Waals surface area contributed by atoms with Gasteiger partial charge in [-0.05, 0) is 67.3 Å². The van der Waals surface area contributed by atoms with Crippen LogP contribution in [0, 0.1) is 6.92 Å². The number of benzene rings is 2. The average Bonchev–Trinajstić information content (AvgIpc) is 2.97. The highest BCUT2D eigenvalue weighted by atomic mass is 35.5. The van der Waals surface area contributed by atoms with Crippen LogP contribution in [0.25, 0.3) is 5.76 Å². The molecule has 0 bridgehead atoms. The van der Waals surface area contributed by atoms with E-state index in [4.69, 9.17) is 21.1 Å². The van der Waals surface area contributed by atoms with Gasteiger partial charge in [0.2, 0.25) is 0 Å². The molecule has 0 saturated carbocycles. The van der Waals surface area contributed by atoms with Crippen LogP contribution in [0.1, 0.15) is 39.5 Å². The summed E-state index contributed by atoms with van der Waals surface area (Å²) in [5.41, 5.74) is 4.71. The van der Waals surface area contributed by atoms with Crippen molar-refractivity contribution in [2.75, 3.05) is 13.2 Å². The minimum absolute atomic E-state index is 0.0237. The van der Waals surface area contributed by atoms with Gasteiger partial charge in [0.15, 0.2) is 0 Å². The Morgan fingerprint density at radius 2 is 2.19 bits per heavy atom. The molecule has 0 N–H and O–H groups in total. The summed E-state index contributed by atoms with van der Waals surface area (Å²) >= 11 is 6.13. The molecule has 0 fully saturated rings. The van der Waals surface area contributed by atoms with Crippen molar-refractivity contribution in [1.82, 2.24) is 4.90 Å². The lowest BCUT2D eigenvalue weighted by Crippen LogP contribution is -2.43. The number of hydrogen-bond acceptors (Lipinski definition) is 3. The quantitative estimate of drug-likeness (QED) is 0.723. The Kier molecular flexibility index (Phi) is 4.60. The highest BCUT2D eigenvalue weighted by molar-refractivity contribution is 6.30. The van der Waals surface area contributed by atoms with Crippen LogP contribution in [0.15, 0.2) is 36.9 Å². The summed E-state index contributed by atoms with van der Waals surface area (Å²) in [6.07, 6.45) is 0.732. The lowest BCUT2D eigenvalue weighted by molar-refractivity contribution is 0.0612. The molecule has 1 amide bonds. The second-order valence-electron chi connectivity index (χ2n) is 7.05. The number of hydrogen-bond donors (Lipinski definition) is 0. The summed E-state index contributed by atoms with van der Waals surface area (Å²) in [6.45, 7) is 9.53. The van der Waals surface area contributed by atoms with Gasteiger partial charge in [-0.25, -0.2) is 0 Å². The summed E-state index contributed by atoms with van der Waals surface area (Å²) in [7, 11) is 0. The van der Waals surface area contributed by atoms with Crippen LogP contribution in [0.5, 0.6) is 5.75 Å². The van der Waals surface area contributed by atoms with Gasteiger partial charge in [0.25, 0.3) is 5.91 Å². The number of nitrogens with zero attached hydrogens (tertiary/aromatic N) is 1. The van der Waals surface area contributed by atoms with Gasteiger partial charge in [0.1, 0.15) is 18.1 Å². The van der Waals surface area contributed by atoms with Gasteiger partial charge < -0.3 is 14.4 Å². The van der Waals surface area contributed by atoms with Crippen LogP contribution in [-0.4, -0.2) is 30.1 Å². The Balaban J connectivity index is 1.64. The number of rotatable bonds is 4. The van der Waals surface area contributed by atoms with Crippen LogP contribution in [-0.2, 0) is 17.7 Å². The van der Waals surface area contributed by atoms with E-state index in [0.29, 0.717) is 30.5 Å². The molecule has 2 aromatic rings. The Hall–Kier alpha value is -2.46. The van der Waals surface area contributed by atoms with Crippen LogP contribution in [0.3, 0.4) is 0 Å². The number of ether oxygens (including phenoxy) is 2. The fourth-order valence-corrected chi connectivity index (χ4v) is 4.11. The molecule has 1 atom stereocenters. The van der Waals surface area contributed by atoms with E-state index in [1.54, 1.807) is 0 Å². The molecule has 2 heterocycles. The standard InChI is InChI=1S/C22H22ClNO3/c1-4-26-14(3)18-7-13(2)8-19-20(18)11-24(22(19)25)17-10-15-9-16(23)5-6-21(15)27-12-17/h5-9,17H,3-4,10-12H2,1-2H3. The van der Waals surface area contributed by atoms with Crippen molar-refractivity contribution in [3.05, 3.63) is 69.8 Å². The first-order valence-corrected chi connectivity index (χ1v) is 9.53. The molecule has 0 saturated heterocycles. The highest BCUT2D eigenvalue weighted by Gasteiger charge is 2.37. The second-order valence-corrected chi connectivity index (χ2v) is 7.49. The number of aryl methyl sites for hydroxylation is 1. The van der Waals surface area contributed by atoms with Crippen molar-refractivity contribution in [2.45, 2.75) is 32.9 Å². The summed E-state index contributed by atoms with van der Waals surface area (Å²) in [6, 6.07) is 9.61. The maximum absolute atomic E-state index is 13.1. The van der Waals surface area contributed by atoms with Gasteiger partial charge in [-0.15, -0.1) is 0 Å². The summed E-state index contributed by atoms with van der Waals surface area (Å²) in [5.74, 6) is 1.50. The first-order valence-electron chi connectivity index (χ1n) is 9.15. The molecule has 0 aromatic heterocycles. The second kappa shape index (κ2) is 6.93. The smallest absolute Gasteiger partial charge is 0.254 e. The SMILES string of the molecule is C=C(OCC)c1cc(C)cc2c1CN(C1COc3ccc(Cl)cc3C1)C2=O. The van der Waals surface area contributed by atoms with Gasteiger partial charge >= 0.3 is 0 Å². The third-order valence-corrected chi connectivity index (χ3v) is 5.42. The number of carbonyl (C=O) groups excluding carboxylic acids is 1. The number of halogens is 1. The molecular formula is C22H22ClNO3. The minimum Gasteiger partial charge on any atom is -0.494 e. The van der Waals surface area contributed by atoms with Gasteiger partial charge in [0, 0.05) is 22.7 Å². The molecule has 140 valence electrons. The molecule has 2 aromatic carbocycles. The fraction of sp³-hybridized carbons (Fsp3) is 0.318. The van der Waals surface area contributed by atoms with E-state index >= 15 is 0 Å². The first-order chi connectivity index (χ1) is 13.0. The van der Waals surface area contributed by atoms with Crippen molar-refractivity contribution >= 4 is 23.3 Å². The Labute approximate surface area is 164 Å². The summed E-state index contributed by atoms with van der Waals surface area (Å²) < 4.78 is 11.5. The van der Waals surface area contributed by atoms with Gasteiger partial charge in [-0.2, -0.15) is 0 Å². The molecule has 2 aliphatic heterocycles. The van der Waals surface area contributed by atoms with E-state index in [2.05, 4.69) is 6.58 Å². The monoisotopic (exact) mass is 383 g/mol. The normalized spacial score (nSPS) is 18.0. The molecule has 0 spiro atoms. The zero-order valence-electron chi connectivity index (χ0n) is 15.5. The number of amides is 1. The maximum atomic E-state index is 13.1. The summed E-state index contributed by atoms with van der Waals surface area (Å²) in [5, 5.41) is 0.681. The van der Waals surface area contributed by atoms with Crippen LogP contribution in [0.2, 0.25) is 5.02 Å². The lowest BCUT2D eigenvalue weighted by atomic mass is 9.99. The van der Waals surface area contributed by atoms with Crippen molar-refractivity contribution in [3.63, 3.8) is 0 Å². The Bertz CT molecular complexity index is 937. The van der Waals surface area contributed by atoms with Crippen molar-refractivity contribution < 1.29 is 14.3 Å². The predicted octanol–water partition coefficient (Wildman–Crippen LogP) is 4.62. The zero-order chi connectivity index (χ0) is 19.1. The molecule has 5 heteroatoms. The molecule has 0 radical (unpaired) electrons. The Morgan fingerprint density at radius 3 is 2.96 bits per heavy atom. The number of carbonyl (C=O) groups is 1. The number of fused-ring (bicyclic) bond motifs is 2. The topological polar surface area (TPSA) is 38.8 Å². The average molecular weight is 384 g/mol. The van der Waals surface area contributed by atoms with Crippen LogP contribution >= 0.6 is 11.6 Å². The molecule has 0 aliphatic carbocycles. The fourth-order valence-electron chi connectivity index (χ4n) is 3.92.